The summed E-state index contributed by atoms with van der Waals surface area (Å²) in [5.74, 6) is -1.23. The molecule has 1 aliphatic heterocycles. The van der Waals surface area contributed by atoms with Crippen molar-refractivity contribution < 1.29 is 9.59 Å². The van der Waals surface area contributed by atoms with Crippen molar-refractivity contribution in [3.05, 3.63) is 64.7 Å². The van der Waals surface area contributed by atoms with Gasteiger partial charge in [-0.2, -0.15) is 0 Å². The smallest absolute Gasteiger partial charge is 0.265 e. The van der Waals surface area contributed by atoms with Gasteiger partial charge in [-0.25, -0.2) is 4.90 Å². The Kier molecular flexibility index (Phi) is 6.04. The van der Waals surface area contributed by atoms with Crippen molar-refractivity contribution in [3.8, 4) is 0 Å². The van der Waals surface area contributed by atoms with Gasteiger partial charge in [0.05, 0.1) is 11.6 Å². The van der Waals surface area contributed by atoms with Crippen LogP contribution in [0.25, 0.3) is 0 Å². The van der Waals surface area contributed by atoms with E-state index in [-0.39, 0.29) is 11.8 Å². The minimum atomic E-state index is -0.586. The molecule has 0 bridgehead atoms. The lowest BCUT2D eigenvalue weighted by Gasteiger charge is -2.31. The van der Waals surface area contributed by atoms with E-state index in [9.17, 15) is 9.59 Å². The summed E-state index contributed by atoms with van der Waals surface area (Å²) in [6, 6.07) is 14.0. The SMILES string of the molecule is CN(C)CCCN=CC1C(=O)N(c2cccc(Cl)c2)C(=O)c2ccccc21. The van der Waals surface area contributed by atoms with Crippen LogP contribution in [0.2, 0.25) is 5.02 Å². The lowest BCUT2D eigenvalue weighted by atomic mass is 9.89. The predicted molar refractivity (Wildman–Crippen MR) is 109 cm³/mol. The maximum Gasteiger partial charge on any atom is 0.265 e. The van der Waals surface area contributed by atoms with E-state index in [1.807, 2.05) is 26.2 Å². The average Bonchev–Trinajstić information content (AvgIpc) is 2.64. The Hall–Kier alpha value is -2.50. The molecule has 2 amide bonds. The van der Waals surface area contributed by atoms with E-state index in [2.05, 4.69) is 9.89 Å². The summed E-state index contributed by atoms with van der Waals surface area (Å²) in [5, 5.41) is 0.473. The van der Waals surface area contributed by atoms with E-state index in [4.69, 9.17) is 11.6 Å². The van der Waals surface area contributed by atoms with Crippen LogP contribution in [-0.4, -0.2) is 50.1 Å². The van der Waals surface area contributed by atoms with Crippen LogP contribution in [-0.2, 0) is 4.79 Å². The van der Waals surface area contributed by atoms with Crippen molar-refractivity contribution >= 4 is 35.3 Å². The maximum absolute atomic E-state index is 13.1. The fraction of sp³-hybridized carbons (Fsp3) is 0.286. The third-order valence-electron chi connectivity index (χ3n) is 4.43. The number of benzene rings is 2. The summed E-state index contributed by atoms with van der Waals surface area (Å²) in [4.78, 5) is 33.8. The molecule has 0 saturated heterocycles. The number of hydrogen-bond acceptors (Lipinski definition) is 4. The third kappa shape index (κ3) is 4.26. The Morgan fingerprint density at radius 2 is 1.93 bits per heavy atom. The second-order valence-electron chi connectivity index (χ2n) is 6.74. The van der Waals surface area contributed by atoms with Gasteiger partial charge in [0.1, 0.15) is 0 Å². The van der Waals surface area contributed by atoms with Gasteiger partial charge in [-0.3, -0.25) is 14.6 Å². The van der Waals surface area contributed by atoms with Crippen LogP contribution in [0.3, 0.4) is 0 Å². The Balaban J connectivity index is 1.92. The first-order chi connectivity index (χ1) is 13.0. The maximum atomic E-state index is 13.1. The third-order valence-corrected chi connectivity index (χ3v) is 4.66. The number of imide groups is 1. The fourth-order valence-corrected chi connectivity index (χ4v) is 3.30. The summed E-state index contributed by atoms with van der Waals surface area (Å²) in [6.07, 6.45) is 2.57. The summed E-state index contributed by atoms with van der Waals surface area (Å²) in [6.45, 7) is 1.56. The molecule has 2 aromatic carbocycles. The molecule has 140 valence electrons. The van der Waals surface area contributed by atoms with Gasteiger partial charge >= 0.3 is 0 Å². The van der Waals surface area contributed by atoms with E-state index in [0.717, 1.165) is 13.0 Å². The van der Waals surface area contributed by atoms with Gasteiger partial charge in [0.2, 0.25) is 5.91 Å². The molecule has 1 heterocycles. The predicted octanol–water partition coefficient (Wildman–Crippen LogP) is 3.63. The molecule has 0 aromatic heterocycles. The largest absolute Gasteiger partial charge is 0.309 e. The topological polar surface area (TPSA) is 53.0 Å². The van der Waals surface area contributed by atoms with Gasteiger partial charge in [-0.1, -0.05) is 35.9 Å². The van der Waals surface area contributed by atoms with Crippen molar-refractivity contribution in [1.29, 1.82) is 0 Å². The van der Waals surface area contributed by atoms with Crippen molar-refractivity contribution in [3.63, 3.8) is 0 Å². The van der Waals surface area contributed by atoms with E-state index >= 15 is 0 Å². The molecule has 1 unspecified atom stereocenters. The molecule has 0 fully saturated rings. The quantitative estimate of drug-likeness (QED) is 0.435. The Morgan fingerprint density at radius 3 is 2.67 bits per heavy atom. The highest BCUT2D eigenvalue weighted by molar-refractivity contribution is 6.32. The average molecular weight is 384 g/mol. The van der Waals surface area contributed by atoms with E-state index in [1.54, 1.807) is 42.6 Å². The number of carbonyl (C=O) groups excluding carboxylic acids is 2. The standard InChI is InChI=1S/C21H22ClN3O2/c1-24(2)12-6-11-23-14-19-17-9-3-4-10-18(17)20(26)25(21(19)27)16-8-5-7-15(22)13-16/h3-5,7-10,13-14,19H,6,11-12H2,1-2H3. The summed E-state index contributed by atoms with van der Waals surface area (Å²) in [5.41, 5.74) is 1.68. The van der Waals surface area contributed by atoms with Crippen LogP contribution < -0.4 is 4.90 Å². The van der Waals surface area contributed by atoms with Crippen LogP contribution in [0, 0.1) is 0 Å². The second kappa shape index (κ2) is 8.46. The number of rotatable bonds is 6. The van der Waals surface area contributed by atoms with E-state index < -0.39 is 5.92 Å². The van der Waals surface area contributed by atoms with Gasteiger partial charge in [-0.05, 0) is 56.9 Å². The molecule has 0 saturated carbocycles. The molecule has 6 heteroatoms. The Morgan fingerprint density at radius 1 is 1.15 bits per heavy atom. The monoisotopic (exact) mass is 383 g/mol. The van der Waals surface area contributed by atoms with Crippen LogP contribution in [0.15, 0.2) is 53.5 Å². The number of anilines is 1. The van der Waals surface area contributed by atoms with Crippen molar-refractivity contribution in [2.75, 3.05) is 32.1 Å². The number of amides is 2. The molecule has 1 atom stereocenters. The molecule has 0 aliphatic carbocycles. The molecule has 5 nitrogen and oxygen atoms in total. The number of nitrogens with zero attached hydrogens (tertiary/aromatic N) is 3. The highest BCUT2D eigenvalue weighted by atomic mass is 35.5. The van der Waals surface area contributed by atoms with Gasteiger partial charge in [0.15, 0.2) is 0 Å². The van der Waals surface area contributed by atoms with Crippen LogP contribution in [0.4, 0.5) is 5.69 Å². The Labute approximate surface area is 164 Å². The zero-order valence-corrected chi connectivity index (χ0v) is 16.2. The first-order valence-corrected chi connectivity index (χ1v) is 9.24. The number of aliphatic imine (C=N–C) groups is 1. The molecule has 0 radical (unpaired) electrons. The number of fused-ring (bicyclic) bond motifs is 1. The van der Waals surface area contributed by atoms with Crippen LogP contribution in [0.1, 0.15) is 28.3 Å². The van der Waals surface area contributed by atoms with Crippen molar-refractivity contribution in [1.82, 2.24) is 4.90 Å². The minimum Gasteiger partial charge on any atom is -0.309 e. The second-order valence-corrected chi connectivity index (χ2v) is 7.17. The van der Waals surface area contributed by atoms with E-state index in [0.29, 0.717) is 28.4 Å². The fourth-order valence-electron chi connectivity index (χ4n) is 3.12. The number of halogens is 1. The molecule has 27 heavy (non-hydrogen) atoms. The summed E-state index contributed by atoms with van der Waals surface area (Å²) in [7, 11) is 4.03. The van der Waals surface area contributed by atoms with Crippen LogP contribution in [0.5, 0.6) is 0 Å². The lowest BCUT2D eigenvalue weighted by Crippen LogP contribution is -2.45. The highest BCUT2D eigenvalue weighted by Gasteiger charge is 2.38. The van der Waals surface area contributed by atoms with Crippen molar-refractivity contribution in [2.24, 2.45) is 4.99 Å². The number of carbonyl (C=O) groups is 2. The molecule has 0 N–H and O–H groups in total. The molecule has 1 aliphatic rings. The van der Waals surface area contributed by atoms with Crippen molar-refractivity contribution in [2.45, 2.75) is 12.3 Å². The molecular formula is C21H22ClN3O2. The van der Waals surface area contributed by atoms with Crippen LogP contribution >= 0.6 is 11.6 Å². The Bertz CT molecular complexity index is 879. The summed E-state index contributed by atoms with van der Waals surface area (Å²) < 4.78 is 0. The summed E-state index contributed by atoms with van der Waals surface area (Å²) >= 11 is 6.06. The minimum absolute atomic E-state index is 0.308. The molecule has 2 aromatic rings. The molecular weight excluding hydrogens is 362 g/mol. The number of hydrogen-bond donors (Lipinski definition) is 0. The van der Waals surface area contributed by atoms with Gasteiger partial charge < -0.3 is 4.90 Å². The first-order valence-electron chi connectivity index (χ1n) is 8.86. The normalized spacial score (nSPS) is 17.0. The lowest BCUT2D eigenvalue weighted by molar-refractivity contribution is -0.118. The first kappa shape index (κ1) is 19.3. The van der Waals surface area contributed by atoms with Gasteiger partial charge in [0.25, 0.3) is 5.91 Å². The highest BCUT2D eigenvalue weighted by Crippen LogP contribution is 2.32. The zero-order valence-electron chi connectivity index (χ0n) is 15.4. The van der Waals surface area contributed by atoms with Gasteiger partial charge in [0, 0.05) is 23.3 Å². The van der Waals surface area contributed by atoms with Gasteiger partial charge in [-0.15, -0.1) is 0 Å². The van der Waals surface area contributed by atoms with E-state index in [1.165, 1.54) is 4.90 Å². The molecule has 3 rings (SSSR count). The zero-order chi connectivity index (χ0) is 19.4. The molecule has 0 spiro atoms.